The van der Waals surface area contributed by atoms with Gasteiger partial charge in [-0.25, -0.2) is 17.9 Å². The number of para-hydroxylation sites is 2. The highest BCUT2D eigenvalue weighted by Gasteiger charge is 2.07. The van der Waals surface area contributed by atoms with Gasteiger partial charge in [-0.05, 0) is 24.6 Å². The number of carbonyl (C=O) groups excluding carboxylic acids is 1. The molecule has 122 valence electrons. The highest BCUT2D eigenvalue weighted by molar-refractivity contribution is 7.88. The van der Waals surface area contributed by atoms with Crippen molar-refractivity contribution in [3.05, 3.63) is 36.4 Å². The topological polar surface area (TPSA) is 96.5 Å². The average Bonchev–Trinajstić information content (AvgIpc) is 2.41. The Kier molecular flexibility index (Phi) is 6.87. The van der Waals surface area contributed by atoms with Gasteiger partial charge in [0.15, 0.2) is 0 Å². The summed E-state index contributed by atoms with van der Waals surface area (Å²) in [6.07, 6.45) is 1.06. The molecule has 3 N–H and O–H groups in total. The molecule has 22 heavy (non-hydrogen) atoms. The molecule has 0 fully saturated rings. The summed E-state index contributed by atoms with van der Waals surface area (Å²) in [5, 5.41) is 5.20. The minimum absolute atomic E-state index is 0.125. The van der Waals surface area contributed by atoms with E-state index in [2.05, 4.69) is 21.9 Å². The largest absolute Gasteiger partial charge is 0.487 e. The second kappa shape index (κ2) is 8.40. The first-order valence-electron chi connectivity index (χ1n) is 6.63. The zero-order valence-corrected chi connectivity index (χ0v) is 13.5. The van der Waals surface area contributed by atoms with Crippen LogP contribution in [0.4, 0.5) is 10.5 Å². The lowest BCUT2D eigenvalue weighted by Crippen LogP contribution is -2.36. The van der Waals surface area contributed by atoms with Crippen molar-refractivity contribution < 1.29 is 17.9 Å². The molecular weight excluding hydrogens is 306 g/mol. The van der Waals surface area contributed by atoms with Crippen LogP contribution in [0.5, 0.6) is 5.75 Å². The zero-order valence-electron chi connectivity index (χ0n) is 12.7. The van der Waals surface area contributed by atoms with E-state index in [4.69, 9.17) is 4.74 Å². The first-order chi connectivity index (χ1) is 10.3. The molecule has 0 atom stereocenters. The van der Waals surface area contributed by atoms with Crippen molar-refractivity contribution in [1.82, 2.24) is 10.0 Å². The van der Waals surface area contributed by atoms with Crippen LogP contribution in [0.3, 0.4) is 0 Å². The molecule has 8 heteroatoms. The van der Waals surface area contributed by atoms with Crippen molar-refractivity contribution in [2.24, 2.45) is 0 Å². The van der Waals surface area contributed by atoms with Crippen LogP contribution >= 0.6 is 0 Å². The third-order valence-corrected chi connectivity index (χ3v) is 3.11. The van der Waals surface area contributed by atoms with Crippen molar-refractivity contribution in [2.45, 2.75) is 6.92 Å². The number of benzene rings is 1. The maximum Gasteiger partial charge on any atom is 0.319 e. The second-order valence-electron chi connectivity index (χ2n) is 4.79. The van der Waals surface area contributed by atoms with E-state index >= 15 is 0 Å². The van der Waals surface area contributed by atoms with Crippen molar-refractivity contribution in [3.8, 4) is 5.75 Å². The molecule has 0 aliphatic carbocycles. The highest BCUT2D eigenvalue weighted by Crippen LogP contribution is 2.23. The Morgan fingerprint density at radius 3 is 2.59 bits per heavy atom. The number of urea groups is 1. The molecule has 1 aromatic carbocycles. The Hall–Kier alpha value is -2.06. The molecule has 7 nitrogen and oxygen atoms in total. The zero-order chi connectivity index (χ0) is 16.6. The van der Waals surface area contributed by atoms with Crippen LogP contribution in [-0.2, 0) is 10.0 Å². The SMILES string of the molecule is C=C(C)COc1ccccc1NC(=O)NCCNS(C)(=O)=O. The lowest BCUT2D eigenvalue weighted by atomic mass is 10.3. The van der Waals surface area contributed by atoms with Gasteiger partial charge < -0.3 is 15.4 Å². The van der Waals surface area contributed by atoms with Gasteiger partial charge in [0.05, 0.1) is 11.9 Å². The van der Waals surface area contributed by atoms with Crippen LogP contribution in [0.25, 0.3) is 0 Å². The summed E-state index contributed by atoms with van der Waals surface area (Å²) in [5.41, 5.74) is 1.39. The van der Waals surface area contributed by atoms with E-state index in [1.54, 1.807) is 24.3 Å². The Morgan fingerprint density at radius 2 is 1.95 bits per heavy atom. The summed E-state index contributed by atoms with van der Waals surface area (Å²) < 4.78 is 29.6. The average molecular weight is 327 g/mol. The third-order valence-electron chi connectivity index (χ3n) is 2.38. The minimum atomic E-state index is -3.25. The second-order valence-corrected chi connectivity index (χ2v) is 6.62. The van der Waals surface area contributed by atoms with Crippen LogP contribution in [-0.4, -0.2) is 40.4 Å². The summed E-state index contributed by atoms with van der Waals surface area (Å²) in [6.45, 7) is 6.25. The normalized spacial score (nSPS) is 10.8. The summed E-state index contributed by atoms with van der Waals surface area (Å²) in [7, 11) is -3.25. The monoisotopic (exact) mass is 327 g/mol. The van der Waals surface area contributed by atoms with Gasteiger partial charge in [0, 0.05) is 13.1 Å². The van der Waals surface area contributed by atoms with Gasteiger partial charge in [-0.15, -0.1) is 0 Å². The van der Waals surface area contributed by atoms with E-state index in [-0.39, 0.29) is 13.1 Å². The maximum atomic E-state index is 11.8. The van der Waals surface area contributed by atoms with E-state index < -0.39 is 16.1 Å². The molecule has 0 unspecified atom stereocenters. The number of sulfonamides is 1. The summed E-state index contributed by atoms with van der Waals surface area (Å²) in [5.74, 6) is 0.537. The Balaban J connectivity index is 2.48. The third kappa shape index (κ3) is 7.65. The van der Waals surface area contributed by atoms with Gasteiger partial charge in [-0.2, -0.15) is 0 Å². The number of ether oxygens (including phenoxy) is 1. The van der Waals surface area contributed by atoms with Crippen LogP contribution in [0.1, 0.15) is 6.92 Å². The van der Waals surface area contributed by atoms with Gasteiger partial charge >= 0.3 is 6.03 Å². The molecule has 2 amide bonds. The molecule has 0 aromatic heterocycles. The summed E-state index contributed by atoms with van der Waals surface area (Å²) in [6, 6.07) is 6.58. The number of hydrogen-bond acceptors (Lipinski definition) is 4. The lowest BCUT2D eigenvalue weighted by Gasteiger charge is -2.13. The molecule has 1 rings (SSSR count). The minimum Gasteiger partial charge on any atom is -0.487 e. The van der Waals surface area contributed by atoms with E-state index in [1.165, 1.54) is 0 Å². The molecule has 0 bridgehead atoms. The molecule has 0 saturated carbocycles. The predicted octanol–water partition coefficient (Wildman–Crippen LogP) is 1.31. The van der Waals surface area contributed by atoms with E-state index in [1.807, 2.05) is 6.92 Å². The van der Waals surface area contributed by atoms with Crippen LogP contribution in [0.2, 0.25) is 0 Å². The first kappa shape index (κ1) is 18.0. The number of nitrogens with one attached hydrogen (secondary N) is 3. The van der Waals surface area contributed by atoms with Crippen molar-refractivity contribution >= 4 is 21.7 Å². The summed E-state index contributed by atoms with van der Waals surface area (Å²) >= 11 is 0. The highest BCUT2D eigenvalue weighted by atomic mass is 32.2. The molecule has 0 spiro atoms. The van der Waals surface area contributed by atoms with E-state index in [9.17, 15) is 13.2 Å². The number of hydrogen-bond donors (Lipinski definition) is 3. The van der Waals surface area contributed by atoms with Crippen LogP contribution in [0.15, 0.2) is 36.4 Å². The van der Waals surface area contributed by atoms with Gasteiger partial charge in [0.25, 0.3) is 0 Å². The molecule has 1 aromatic rings. The van der Waals surface area contributed by atoms with Crippen molar-refractivity contribution in [2.75, 3.05) is 31.3 Å². The van der Waals surface area contributed by atoms with Crippen molar-refractivity contribution in [1.29, 1.82) is 0 Å². The van der Waals surface area contributed by atoms with Gasteiger partial charge in [0.2, 0.25) is 10.0 Å². The fourth-order valence-corrected chi connectivity index (χ4v) is 1.95. The van der Waals surface area contributed by atoms with Gasteiger partial charge in [-0.3, -0.25) is 0 Å². The molecule has 0 aliphatic rings. The quantitative estimate of drug-likeness (QED) is 0.495. The van der Waals surface area contributed by atoms with Gasteiger partial charge in [0.1, 0.15) is 12.4 Å². The fraction of sp³-hybridized carbons (Fsp3) is 0.357. The van der Waals surface area contributed by atoms with Crippen LogP contribution < -0.4 is 20.1 Å². The predicted molar refractivity (Wildman–Crippen MR) is 86.6 cm³/mol. The van der Waals surface area contributed by atoms with Crippen molar-refractivity contribution in [3.63, 3.8) is 0 Å². The number of anilines is 1. The van der Waals surface area contributed by atoms with Crippen LogP contribution in [0, 0.1) is 0 Å². The smallest absolute Gasteiger partial charge is 0.319 e. The number of rotatable bonds is 8. The Bertz CT molecular complexity index is 629. The number of amides is 2. The molecule has 0 aliphatic heterocycles. The first-order valence-corrected chi connectivity index (χ1v) is 8.53. The number of carbonyl (C=O) groups is 1. The van der Waals surface area contributed by atoms with Gasteiger partial charge in [-0.1, -0.05) is 18.7 Å². The Labute approximate surface area is 130 Å². The molecule has 0 heterocycles. The molecular formula is C14H21N3O4S. The standard InChI is InChI=1S/C14H21N3O4S/c1-11(2)10-21-13-7-5-4-6-12(13)17-14(18)15-8-9-16-22(3,19)20/h4-7,16H,1,8-10H2,2-3H3,(H2,15,17,18). The van der Waals surface area contributed by atoms with E-state index in [0.717, 1.165) is 11.8 Å². The summed E-state index contributed by atoms with van der Waals surface area (Å²) in [4.78, 5) is 11.8. The molecule has 0 radical (unpaired) electrons. The lowest BCUT2D eigenvalue weighted by molar-refractivity contribution is 0.252. The molecule has 0 saturated heterocycles. The Morgan fingerprint density at radius 1 is 1.27 bits per heavy atom. The fourth-order valence-electron chi connectivity index (χ4n) is 1.48. The maximum absolute atomic E-state index is 11.8. The van der Waals surface area contributed by atoms with E-state index in [0.29, 0.717) is 18.0 Å².